The summed E-state index contributed by atoms with van der Waals surface area (Å²) < 4.78 is 10.6. The first-order valence-corrected chi connectivity index (χ1v) is 6.01. The molecule has 0 N–H and O–H groups in total. The summed E-state index contributed by atoms with van der Waals surface area (Å²) in [6.45, 7) is 1.39. The molecular formula is C14H20O3. The van der Waals surface area contributed by atoms with E-state index in [9.17, 15) is 4.79 Å². The van der Waals surface area contributed by atoms with Crippen LogP contribution < -0.4 is 4.74 Å². The number of hydrogen-bond acceptors (Lipinski definition) is 3. The van der Waals surface area contributed by atoms with E-state index in [1.54, 1.807) is 7.11 Å². The Morgan fingerprint density at radius 2 is 1.88 bits per heavy atom. The molecule has 17 heavy (non-hydrogen) atoms. The van der Waals surface area contributed by atoms with E-state index in [4.69, 9.17) is 9.47 Å². The van der Waals surface area contributed by atoms with Gasteiger partial charge in [0, 0.05) is 13.0 Å². The smallest absolute Gasteiger partial charge is 0.119 e. The van der Waals surface area contributed by atoms with Crippen LogP contribution in [0.25, 0.3) is 0 Å². The highest BCUT2D eigenvalue weighted by Gasteiger charge is 1.95. The van der Waals surface area contributed by atoms with Gasteiger partial charge in [0.05, 0.1) is 13.7 Å². The highest BCUT2D eigenvalue weighted by atomic mass is 16.5. The van der Waals surface area contributed by atoms with Crippen molar-refractivity contribution in [3.8, 4) is 5.75 Å². The monoisotopic (exact) mass is 236 g/mol. The molecule has 0 bridgehead atoms. The van der Waals surface area contributed by atoms with E-state index >= 15 is 0 Å². The van der Waals surface area contributed by atoms with E-state index in [1.807, 2.05) is 24.3 Å². The number of carbonyl (C=O) groups is 1. The fourth-order valence-electron chi connectivity index (χ4n) is 1.52. The van der Waals surface area contributed by atoms with Crippen LogP contribution in [0.2, 0.25) is 0 Å². The van der Waals surface area contributed by atoms with Crippen molar-refractivity contribution in [1.82, 2.24) is 0 Å². The Morgan fingerprint density at radius 3 is 2.53 bits per heavy atom. The van der Waals surface area contributed by atoms with Gasteiger partial charge in [-0.2, -0.15) is 0 Å². The Labute approximate surface area is 103 Å². The van der Waals surface area contributed by atoms with E-state index in [1.165, 1.54) is 0 Å². The quantitative estimate of drug-likeness (QED) is 0.488. The van der Waals surface area contributed by atoms with Gasteiger partial charge in [-0.05, 0) is 30.5 Å². The van der Waals surface area contributed by atoms with Crippen molar-refractivity contribution < 1.29 is 14.3 Å². The van der Waals surface area contributed by atoms with Crippen LogP contribution >= 0.6 is 0 Å². The largest absolute Gasteiger partial charge is 0.497 e. The van der Waals surface area contributed by atoms with E-state index in [0.717, 1.165) is 43.5 Å². The number of aldehydes is 1. The normalized spacial score (nSPS) is 10.2. The number of rotatable bonds is 9. The van der Waals surface area contributed by atoms with Gasteiger partial charge in [-0.1, -0.05) is 18.6 Å². The van der Waals surface area contributed by atoms with Crippen molar-refractivity contribution in [3.05, 3.63) is 29.8 Å². The third-order valence-electron chi connectivity index (χ3n) is 2.54. The van der Waals surface area contributed by atoms with Crippen LogP contribution in [0.4, 0.5) is 0 Å². The SMILES string of the molecule is COc1ccc(COCCCCCC=O)cc1. The average molecular weight is 236 g/mol. The molecule has 0 aliphatic carbocycles. The number of benzene rings is 1. The lowest BCUT2D eigenvalue weighted by Gasteiger charge is -2.05. The fraction of sp³-hybridized carbons (Fsp3) is 0.500. The summed E-state index contributed by atoms with van der Waals surface area (Å²) in [5.74, 6) is 0.864. The van der Waals surface area contributed by atoms with E-state index in [-0.39, 0.29) is 0 Å². The standard InChI is InChI=1S/C14H20O3/c1-16-14-8-6-13(7-9-14)12-17-11-5-3-2-4-10-15/h6-10H,2-5,11-12H2,1H3. The van der Waals surface area contributed by atoms with E-state index in [2.05, 4.69) is 0 Å². The fourth-order valence-corrected chi connectivity index (χ4v) is 1.52. The van der Waals surface area contributed by atoms with Crippen molar-refractivity contribution >= 4 is 6.29 Å². The number of hydrogen-bond donors (Lipinski definition) is 0. The molecule has 0 fully saturated rings. The molecule has 1 aromatic rings. The summed E-state index contributed by atoms with van der Waals surface area (Å²) in [6.07, 6.45) is 4.68. The first-order chi connectivity index (χ1) is 8.36. The second kappa shape index (κ2) is 8.76. The Kier molecular flexibility index (Phi) is 7.07. The summed E-state index contributed by atoms with van der Waals surface area (Å²) in [5.41, 5.74) is 1.15. The van der Waals surface area contributed by atoms with Crippen molar-refractivity contribution in [2.24, 2.45) is 0 Å². The lowest BCUT2D eigenvalue weighted by atomic mass is 10.2. The van der Waals surface area contributed by atoms with Crippen LogP contribution in [0, 0.1) is 0 Å². The Hall–Kier alpha value is -1.35. The van der Waals surface area contributed by atoms with Crippen molar-refractivity contribution in [3.63, 3.8) is 0 Å². The Balaban J connectivity index is 2.07. The molecule has 3 nitrogen and oxygen atoms in total. The van der Waals surface area contributed by atoms with E-state index < -0.39 is 0 Å². The molecule has 1 rings (SSSR count). The number of carbonyl (C=O) groups excluding carboxylic acids is 1. The van der Waals surface area contributed by atoms with Crippen LogP contribution in [-0.4, -0.2) is 20.0 Å². The highest BCUT2D eigenvalue weighted by Crippen LogP contribution is 2.12. The van der Waals surface area contributed by atoms with Gasteiger partial charge in [-0.25, -0.2) is 0 Å². The molecule has 94 valence electrons. The highest BCUT2D eigenvalue weighted by molar-refractivity contribution is 5.48. The minimum absolute atomic E-state index is 0.637. The van der Waals surface area contributed by atoms with Crippen molar-refractivity contribution in [2.45, 2.75) is 32.3 Å². The second-order valence-electron chi connectivity index (χ2n) is 3.92. The summed E-state index contributed by atoms with van der Waals surface area (Å²) in [7, 11) is 1.66. The molecule has 0 spiro atoms. The number of methoxy groups -OCH3 is 1. The zero-order chi connectivity index (χ0) is 12.3. The lowest BCUT2D eigenvalue weighted by Crippen LogP contribution is -1.96. The summed E-state index contributed by atoms with van der Waals surface area (Å²) in [4.78, 5) is 10.1. The molecule has 0 radical (unpaired) electrons. The number of unbranched alkanes of at least 4 members (excludes halogenated alkanes) is 3. The maximum Gasteiger partial charge on any atom is 0.119 e. The first-order valence-electron chi connectivity index (χ1n) is 6.01. The summed E-state index contributed by atoms with van der Waals surface area (Å²) in [5, 5.41) is 0. The second-order valence-corrected chi connectivity index (χ2v) is 3.92. The van der Waals surface area contributed by atoms with Gasteiger partial charge in [0.25, 0.3) is 0 Å². The molecule has 0 saturated carbocycles. The minimum atomic E-state index is 0.637. The molecular weight excluding hydrogens is 216 g/mol. The van der Waals surface area contributed by atoms with Gasteiger partial charge in [0.15, 0.2) is 0 Å². The molecule has 0 amide bonds. The maximum atomic E-state index is 10.1. The zero-order valence-corrected chi connectivity index (χ0v) is 10.4. The van der Waals surface area contributed by atoms with Gasteiger partial charge >= 0.3 is 0 Å². The van der Waals surface area contributed by atoms with Gasteiger partial charge in [0.2, 0.25) is 0 Å². The van der Waals surface area contributed by atoms with Crippen molar-refractivity contribution in [1.29, 1.82) is 0 Å². The molecule has 0 atom stereocenters. The molecule has 0 aromatic heterocycles. The lowest BCUT2D eigenvalue weighted by molar-refractivity contribution is -0.107. The molecule has 0 heterocycles. The number of ether oxygens (including phenoxy) is 2. The average Bonchev–Trinajstić information content (AvgIpc) is 2.38. The first kappa shape index (κ1) is 13.7. The van der Waals surface area contributed by atoms with Crippen LogP contribution in [0.5, 0.6) is 5.75 Å². The maximum absolute atomic E-state index is 10.1. The predicted octanol–water partition coefficient (Wildman–Crippen LogP) is 2.97. The molecule has 3 heteroatoms. The zero-order valence-electron chi connectivity index (χ0n) is 10.4. The van der Waals surface area contributed by atoms with Crippen LogP contribution in [0.1, 0.15) is 31.2 Å². The molecule has 0 unspecified atom stereocenters. The third-order valence-corrected chi connectivity index (χ3v) is 2.54. The van der Waals surface area contributed by atoms with Gasteiger partial charge in [-0.3, -0.25) is 0 Å². The Bertz CT molecular complexity index is 306. The van der Waals surface area contributed by atoms with Gasteiger partial charge < -0.3 is 14.3 Å². The molecule has 0 saturated heterocycles. The van der Waals surface area contributed by atoms with Crippen LogP contribution in [0.15, 0.2) is 24.3 Å². The van der Waals surface area contributed by atoms with Crippen LogP contribution in [0.3, 0.4) is 0 Å². The van der Waals surface area contributed by atoms with Crippen LogP contribution in [-0.2, 0) is 16.1 Å². The summed E-state index contributed by atoms with van der Waals surface area (Å²) in [6, 6.07) is 7.88. The van der Waals surface area contributed by atoms with Crippen molar-refractivity contribution in [2.75, 3.05) is 13.7 Å². The third kappa shape index (κ3) is 6.07. The minimum Gasteiger partial charge on any atom is -0.497 e. The molecule has 0 aliphatic heterocycles. The predicted molar refractivity (Wildman–Crippen MR) is 67.2 cm³/mol. The molecule has 0 aliphatic rings. The molecule has 1 aromatic carbocycles. The summed E-state index contributed by atoms with van der Waals surface area (Å²) >= 11 is 0. The van der Waals surface area contributed by atoms with Gasteiger partial charge in [-0.15, -0.1) is 0 Å². The Morgan fingerprint density at radius 1 is 1.12 bits per heavy atom. The topological polar surface area (TPSA) is 35.5 Å². The van der Waals surface area contributed by atoms with Gasteiger partial charge in [0.1, 0.15) is 12.0 Å². The van der Waals surface area contributed by atoms with E-state index in [0.29, 0.717) is 13.0 Å².